The number of amides is 1. The van der Waals surface area contributed by atoms with Crippen molar-refractivity contribution in [1.82, 2.24) is 14.9 Å². The first-order valence-electron chi connectivity index (χ1n) is 7.92. The van der Waals surface area contributed by atoms with Crippen molar-refractivity contribution in [3.63, 3.8) is 0 Å². The lowest BCUT2D eigenvalue weighted by Gasteiger charge is -2.18. The molecular weight excluding hydrogens is 414 g/mol. The maximum absolute atomic E-state index is 12.5. The van der Waals surface area contributed by atoms with Crippen LogP contribution < -0.4 is 10.1 Å². The number of halogens is 1. The number of hydrogen-bond donors (Lipinski definition) is 1. The quantitative estimate of drug-likeness (QED) is 0.595. The van der Waals surface area contributed by atoms with Crippen molar-refractivity contribution in [2.45, 2.75) is 6.04 Å². The third-order valence-corrected chi connectivity index (χ3v) is 5.43. The zero-order chi connectivity index (χ0) is 18.5. The molecule has 0 aliphatic heterocycles. The third kappa shape index (κ3) is 4.42. The Morgan fingerprint density at radius 3 is 2.65 bits per heavy atom. The molecule has 3 rings (SSSR count). The van der Waals surface area contributed by atoms with Gasteiger partial charge in [0.15, 0.2) is 0 Å². The van der Waals surface area contributed by atoms with Crippen LogP contribution in [-0.2, 0) is 11.8 Å². The summed E-state index contributed by atoms with van der Waals surface area (Å²) in [7, 11) is 3.53. The van der Waals surface area contributed by atoms with Gasteiger partial charge in [0, 0.05) is 30.4 Å². The molecule has 7 heteroatoms. The molecule has 0 spiro atoms. The zero-order valence-electron chi connectivity index (χ0n) is 14.3. The minimum atomic E-state index is -0.354. The fourth-order valence-electron chi connectivity index (χ4n) is 2.51. The monoisotopic (exact) mass is 431 g/mol. The average molecular weight is 432 g/mol. The van der Waals surface area contributed by atoms with Gasteiger partial charge in [0.1, 0.15) is 17.6 Å². The van der Waals surface area contributed by atoms with E-state index in [4.69, 9.17) is 4.74 Å². The van der Waals surface area contributed by atoms with Gasteiger partial charge in [-0.1, -0.05) is 12.1 Å². The van der Waals surface area contributed by atoms with E-state index >= 15 is 0 Å². The van der Waals surface area contributed by atoms with Crippen LogP contribution in [0.4, 0.5) is 0 Å². The summed E-state index contributed by atoms with van der Waals surface area (Å²) < 4.78 is 8.14. The van der Waals surface area contributed by atoms with Crippen LogP contribution in [0.5, 0.6) is 5.75 Å². The summed E-state index contributed by atoms with van der Waals surface area (Å²) in [6, 6.07) is 11.2. The Labute approximate surface area is 164 Å². The Morgan fingerprint density at radius 1 is 1.31 bits per heavy atom. The number of methoxy groups -OCH3 is 1. The number of nitrogens with one attached hydrogen (secondary N) is 1. The summed E-state index contributed by atoms with van der Waals surface area (Å²) in [5, 5.41) is 3.03. The smallest absolute Gasteiger partial charge is 0.244 e. The summed E-state index contributed by atoms with van der Waals surface area (Å²) in [4.78, 5) is 17.9. The predicted octanol–water partition coefficient (Wildman–Crippen LogP) is 4.17. The molecule has 0 aliphatic rings. The van der Waals surface area contributed by atoms with Gasteiger partial charge < -0.3 is 14.6 Å². The molecule has 0 saturated heterocycles. The third-order valence-electron chi connectivity index (χ3n) is 3.85. The summed E-state index contributed by atoms with van der Waals surface area (Å²) >= 11 is 4.99. The number of benzene rings is 1. The number of nitrogens with zero attached hydrogens (tertiary/aromatic N) is 2. The highest BCUT2D eigenvalue weighted by Gasteiger charge is 2.20. The SMILES string of the molecule is COc1ccc(C(NC(=O)/C=C/c2ccc(Br)s2)c2nccn2C)cc1. The molecule has 0 aliphatic carbocycles. The van der Waals surface area contributed by atoms with E-state index < -0.39 is 0 Å². The van der Waals surface area contributed by atoms with Crippen molar-refractivity contribution in [2.24, 2.45) is 7.05 Å². The molecule has 1 amide bonds. The minimum absolute atomic E-state index is 0.182. The van der Waals surface area contributed by atoms with Crippen molar-refractivity contribution >= 4 is 39.2 Å². The Balaban J connectivity index is 1.82. The molecule has 1 aromatic carbocycles. The van der Waals surface area contributed by atoms with Crippen LogP contribution in [0.3, 0.4) is 0 Å². The van der Waals surface area contributed by atoms with Crippen molar-refractivity contribution in [3.8, 4) is 5.75 Å². The molecule has 0 fully saturated rings. The molecule has 1 N–H and O–H groups in total. The van der Waals surface area contributed by atoms with Crippen LogP contribution >= 0.6 is 27.3 Å². The van der Waals surface area contributed by atoms with Gasteiger partial charge in [0.25, 0.3) is 0 Å². The van der Waals surface area contributed by atoms with Crippen LogP contribution in [0.1, 0.15) is 22.3 Å². The van der Waals surface area contributed by atoms with Crippen LogP contribution in [-0.4, -0.2) is 22.6 Å². The predicted molar refractivity (Wildman–Crippen MR) is 107 cm³/mol. The van der Waals surface area contributed by atoms with E-state index in [1.165, 1.54) is 6.08 Å². The minimum Gasteiger partial charge on any atom is -0.497 e. The molecule has 0 radical (unpaired) electrons. The first-order chi connectivity index (χ1) is 12.6. The lowest BCUT2D eigenvalue weighted by Crippen LogP contribution is -2.29. The first-order valence-corrected chi connectivity index (χ1v) is 9.53. The number of thiophene rings is 1. The topological polar surface area (TPSA) is 56.1 Å². The molecule has 134 valence electrons. The molecule has 0 saturated carbocycles. The number of aryl methyl sites for hydroxylation is 1. The van der Waals surface area contributed by atoms with Crippen molar-refractivity contribution in [1.29, 1.82) is 0 Å². The van der Waals surface area contributed by atoms with Gasteiger partial charge in [-0.05, 0) is 51.8 Å². The van der Waals surface area contributed by atoms with E-state index in [-0.39, 0.29) is 11.9 Å². The van der Waals surface area contributed by atoms with Gasteiger partial charge in [-0.25, -0.2) is 4.98 Å². The number of ether oxygens (including phenoxy) is 1. The molecular formula is C19H18BrN3O2S. The summed E-state index contributed by atoms with van der Waals surface area (Å²) in [5.74, 6) is 1.34. The van der Waals surface area contributed by atoms with Gasteiger partial charge in [0.2, 0.25) is 5.91 Å². The van der Waals surface area contributed by atoms with Crippen molar-refractivity contribution < 1.29 is 9.53 Å². The molecule has 2 aromatic heterocycles. The number of carbonyl (C=O) groups excluding carboxylic acids is 1. The Kier molecular flexibility index (Phi) is 5.90. The largest absolute Gasteiger partial charge is 0.497 e. The highest BCUT2D eigenvalue weighted by Crippen LogP contribution is 2.24. The highest BCUT2D eigenvalue weighted by molar-refractivity contribution is 9.11. The van der Waals surface area contributed by atoms with E-state index in [0.29, 0.717) is 0 Å². The Morgan fingerprint density at radius 2 is 2.08 bits per heavy atom. The maximum atomic E-state index is 12.5. The number of hydrogen-bond acceptors (Lipinski definition) is 4. The van der Waals surface area contributed by atoms with Gasteiger partial charge in [-0.2, -0.15) is 0 Å². The fraction of sp³-hybridized carbons (Fsp3) is 0.158. The van der Waals surface area contributed by atoms with E-state index in [1.807, 2.05) is 54.2 Å². The Hall–Kier alpha value is -2.38. The molecule has 1 atom stereocenters. The van der Waals surface area contributed by atoms with Gasteiger partial charge in [-0.3, -0.25) is 4.79 Å². The molecule has 2 heterocycles. The zero-order valence-corrected chi connectivity index (χ0v) is 16.8. The van der Waals surface area contributed by atoms with Crippen molar-refractivity contribution in [3.05, 3.63) is 74.9 Å². The number of aromatic nitrogens is 2. The summed E-state index contributed by atoms with van der Waals surface area (Å²) in [6.45, 7) is 0. The lowest BCUT2D eigenvalue weighted by atomic mass is 10.1. The van der Waals surface area contributed by atoms with Crippen LogP contribution in [0.15, 0.2) is 58.7 Å². The van der Waals surface area contributed by atoms with E-state index in [0.717, 1.165) is 25.8 Å². The second-order valence-electron chi connectivity index (χ2n) is 5.59. The Bertz CT molecular complexity index is 915. The maximum Gasteiger partial charge on any atom is 0.244 e. The molecule has 3 aromatic rings. The summed E-state index contributed by atoms with van der Waals surface area (Å²) in [6.07, 6.45) is 6.92. The number of imidazole rings is 1. The molecule has 1 unspecified atom stereocenters. The molecule has 5 nitrogen and oxygen atoms in total. The van der Waals surface area contributed by atoms with Crippen LogP contribution in [0.2, 0.25) is 0 Å². The molecule has 0 bridgehead atoms. The standard InChI is InChI=1S/C19H18BrN3O2S/c1-23-12-11-21-19(23)18(13-3-5-14(25-2)6-4-13)22-17(24)10-8-15-7-9-16(20)26-15/h3-12,18H,1-2H3,(H,22,24)/b10-8+. The molecule has 26 heavy (non-hydrogen) atoms. The van der Waals surface area contributed by atoms with Crippen molar-refractivity contribution in [2.75, 3.05) is 7.11 Å². The van der Waals surface area contributed by atoms with Crippen LogP contribution in [0, 0.1) is 0 Å². The van der Waals surface area contributed by atoms with Gasteiger partial charge >= 0.3 is 0 Å². The average Bonchev–Trinajstić information content (AvgIpc) is 3.26. The normalized spacial score (nSPS) is 12.3. The summed E-state index contributed by atoms with van der Waals surface area (Å²) in [5.41, 5.74) is 0.931. The number of rotatable bonds is 6. The van der Waals surface area contributed by atoms with E-state index in [1.54, 1.807) is 30.7 Å². The second-order valence-corrected chi connectivity index (χ2v) is 8.08. The fourth-order valence-corrected chi connectivity index (χ4v) is 3.84. The second kappa shape index (κ2) is 8.33. The van der Waals surface area contributed by atoms with E-state index in [2.05, 4.69) is 26.2 Å². The highest BCUT2D eigenvalue weighted by atomic mass is 79.9. The van der Waals surface area contributed by atoms with Crippen LogP contribution in [0.25, 0.3) is 6.08 Å². The van der Waals surface area contributed by atoms with Gasteiger partial charge in [0.05, 0.1) is 10.9 Å². The van der Waals surface area contributed by atoms with E-state index in [9.17, 15) is 4.79 Å². The first kappa shape index (κ1) is 18.4. The number of carbonyl (C=O) groups is 1. The lowest BCUT2D eigenvalue weighted by molar-refractivity contribution is -0.117. The van der Waals surface area contributed by atoms with Gasteiger partial charge in [-0.15, -0.1) is 11.3 Å².